The van der Waals surface area contributed by atoms with Crippen LogP contribution in [-0.2, 0) is 0 Å². The molecule has 0 radical (unpaired) electrons. The van der Waals surface area contributed by atoms with E-state index in [1.165, 1.54) is 18.2 Å². The summed E-state index contributed by atoms with van der Waals surface area (Å²) in [5, 5.41) is 0.216. The summed E-state index contributed by atoms with van der Waals surface area (Å²) in [6, 6.07) is 17.0. The van der Waals surface area contributed by atoms with Crippen LogP contribution in [0.15, 0.2) is 78.9 Å². The molecule has 0 aliphatic heterocycles. The van der Waals surface area contributed by atoms with Crippen molar-refractivity contribution < 1.29 is 22.3 Å². The van der Waals surface area contributed by atoms with Crippen LogP contribution in [0.1, 0.15) is 29.2 Å². The third-order valence-corrected chi connectivity index (χ3v) is 5.07. The highest BCUT2D eigenvalue weighted by atomic mass is 19.2. The lowest BCUT2D eigenvalue weighted by molar-refractivity contribution is 0.360. The first kappa shape index (κ1) is 23.7. The van der Waals surface area contributed by atoms with Crippen LogP contribution >= 0.6 is 0 Å². The van der Waals surface area contributed by atoms with E-state index in [0.717, 1.165) is 6.07 Å². The van der Waals surface area contributed by atoms with Gasteiger partial charge in [-0.15, -0.1) is 0 Å². The van der Waals surface area contributed by atoms with Gasteiger partial charge in [0.15, 0.2) is 17.5 Å². The van der Waals surface area contributed by atoms with Gasteiger partial charge in [-0.3, -0.25) is 0 Å². The molecule has 0 saturated heterocycles. The van der Waals surface area contributed by atoms with Gasteiger partial charge in [-0.1, -0.05) is 41.9 Å². The van der Waals surface area contributed by atoms with Crippen LogP contribution in [0.5, 0.6) is 5.75 Å². The molecule has 0 unspecified atom stereocenters. The maximum absolute atomic E-state index is 14.3. The van der Waals surface area contributed by atoms with Crippen molar-refractivity contribution in [1.29, 1.82) is 0 Å². The third-order valence-electron chi connectivity index (χ3n) is 5.07. The zero-order valence-electron chi connectivity index (χ0n) is 18.6. The molecule has 0 heterocycles. The second-order valence-electron chi connectivity index (χ2n) is 7.52. The van der Waals surface area contributed by atoms with E-state index in [4.69, 9.17) is 4.74 Å². The summed E-state index contributed by atoms with van der Waals surface area (Å²) in [6.45, 7) is 2.25. The number of fused-ring (bicyclic) bond motifs is 1. The Balaban J connectivity index is 1.48. The number of hydrogen-bond acceptors (Lipinski definition) is 1. The van der Waals surface area contributed by atoms with Crippen molar-refractivity contribution in [2.24, 2.45) is 0 Å². The molecule has 0 fully saturated rings. The lowest BCUT2D eigenvalue weighted by Crippen LogP contribution is -1.94. The van der Waals surface area contributed by atoms with E-state index in [-0.39, 0.29) is 16.3 Å². The van der Waals surface area contributed by atoms with Crippen molar-refractivity contribution in [3.63, 3.8) is 0 Å². The van der Waals surface area contributed by atoms with Crippen LogP contribution in [-0.4, -0.2) is 6.61 Å². The molecule has 0 aliphatic rings. The van der Waals surface area contributed by atoms with E-state index < -0.39 is 23.3 Å². The van der Waals surface area contributed by atoms with Crippen molar-refractivity contribution >= 4 is 10.8 Å². The predicted molar refractivity (Wildman–Crippen MR) is 129 cm³/mol. The summed E-state index contributed by atoms with van der Waals surface area (Å²) in [6.07, 6.45) is 3.68. The fraction of sp³-hybridized carbons (Fsp3) is 0.0667. The fourth-order valence-electron chi connectivity index (χ4n) is 3.23. The molecular formula is C30H18F4O. The highest BCUT2D eigenvalue weighted by molar-refractivity contribution is 5.84. The first-order valence-corrected chi connectivity index (χ1v) is 10.7. The van der Waals surface area contributed by atoms with Gasteiger partial charge in [0.1, 0.15) is 18.2 Å². The van der Waals surface area contributed by atoms with E-state index in [1.54, 1.807) is 42.5 Å². The van der Waals surface area contributed by atoms with E-state index in [9.17, 15) is 17.6 Å². The van der Waals surface area contributed by atoms with Gasteiger partial charge >= 0.3 is 0 Å². The van der Waals surface area contributed by atoms with Gasteiger partial charge in [0, 0.05) is 28.1 Å². The maximum atomic E-state index is 14.3. The van der Waals surface area contributed by atoms with E-state index in [1.807, 2.05) is 19.1 Å². The van der Waals surface area contributed by atoms with Gasteiger partial charge in [-0.05, 0) is 66.9 Å². The number of rotatable bonds is 3. The molecule has 5 heteroatoms. The first-order chi connectivity index (χ1) is 16.9. The summed E-state index contributed by atoms with van der Waals surface area (Å²) >= 11 is 0. The summed E-state index contributed by atoms with van der Waals surface area (Å²) in [7, 11) is 0. The van der Waals surface area contributed by atoms with E-state index in [2.05, 4.69) is 23.7 Å². The largest absolute Gasteiger partial charge is 0.489 e. The fourth-order valence-corrected chi connectivity index (χ4v) is 3.23. The number of hydrogen-bond donors (Lipinski definition) is 0. The predicted octanol–water partition coefficient (Wildman–Crippen LogP) is 7.15. The maximum Gasteiger partial charge on any atom is 0.195 e. The van der Waals surface area contributed by atoms with Gasteiger partial charge in [0.2, 0.25) is 0 Å². The Kier molecular flexibility index (Phi) is 7.19. The molecule has 0 saturated carbocycles. The number of allylic oxidation sites excluding steroid dienone is 1. The molecular weight excluding hydrogens is 452 g/mol. The number of benzene rings is 4. The lowest BCUT2D eigenvalue weighted by atomic mass is 10.1. The van der Waals surface area contributed by atoms with E-state index >= 15 is 0 Å². The smallest absolute Gasteiger partial charge is 0.195 e. The molecule has 0 spiro atoms. The highest BCUT2D eigenvalue weighted by Crippen LogP contribution is 2.24. The molecule has 4 rings (SSSR count). The summed E-state index contributed by atoms with van der Waals surface area (Å²) < 4.78 is 60.4. The molecule has 172 valence electrons. The Morgan fingerprint density at radius 2 is 1.34 bits per heavy atom. The Hall–Kier alpha value is -4.48. The van der Waals surface area contributed by atoms with Crippen LogP contribution in [0.3, 0.4) is 0 Å². The van der Waals surface area contributed by atoms with Gasteiger partial charge < -0.3 is 4.74 Å². The lowest BCUT2D eigenvalue weighted by Gasteiger charge is -2.03. The Morgan fingerprint density at radius 1 is 0.686 bits per heavy atom. The van der Waals surface area contributed by atoms with Gasteiger partial charge in [0.05, 0.1) is 5.56 Å². The van der Waals surface area contributed by atoms with Crippen LogP contribution in [0.25, 0.3) is 10.8 Å². The quantitative estimate of drug-likeness (QED) is 0.134. The van der Waals surface area contributed by atoms with Crippen LogP contribution < -0.4 is 4.74 Å². The van der Waals surface area contributed by atoms with Crippen LogP contribution in [0.4, 0.5) is 17.6 Å². The van der Waals surface area contributed by atoms with Crippen LogP contribution in [0, 0.1) is 47.0 Å². The minimum absolute atomic E-state index is 0.00960. The standard InChI is InChI=1S/C30H18F4O/c1-2-3-16-35-25-14-13-23(27(31)19-25)12-10-21-6-4-20(5-7-21)8-9-22-11-15-26-24(17-22)18-28(32)30(34)29(26)33/h2-7,11,13-15,17-19H,16H2,1H3/b3-2+. The highest BCUT2D eigenvalue weighted by Gasteiger charge is 2.13. The number of halogens is 4. The SMILES string of the molecule is C/C=C/COc1ccc(C#Cc2ccc(C#Cc3ccc4c(F)c(F)c(F)cc4c3)cc2)c(F)c1. The third kappa shape index (κ3) is 5.72. The zero-order valence-corrected chi connectivity index (χ0v) is 18.6. The molecule has 4 aromatic rings. The summed E-state index contributed by atoms with van der Waals surface area (Å²) in [4.78, 5) is 0. The molecule has 0 amide bonds. The Morgan fingerprint density at radius 3 is 2.03 bits per heavy atom. The second-order valence-corrected chi connectivity index (χ2v) is 7.52. The first-order valence-electron chi connectivity index (χ1n) is 10.7. The van der Waals surface area contributed by atoms with Gasteiger partial charge in [0.25, 0.3) is 0 Å². The topological polar surface area (TPSA) is 9.23 Å². The molecule has 0 aliphatic carbocycles. The Bertz CT molecular complexity index is 1550. The van der Waals surface area contributed by atoms with Crippen molar-refractivity contribution in [2.75, 3.05) is 6.61 Å². The molecule has 0 atom stereocenters. The van der Waals surface area contributed by atoms with Crippen molar-refractivity contribution in [1.82, 2.24) is 0 Å². The van der Waals surface area contributed by atoms with Crippen molar-refractivity contribution in [3.05, 3.63) is 124 Å². The molecule has 0 aromatic heterocycles. The summed E-state index contributed by atoms with van der Waals surface area (Å²) in [5.74, 6) is 7.64. The number of ether oxygens (including phenoxy) is 1. The molecule has 35 heavy (non-hydrogen) atoms. The summed E-state index contributed by atoms with van der Waals surface area (Å²) in [5.41, 5.74) is 2.17. The molecule has 0 bridgehead atoms. The molecule has 1 nitrogen and oxygen atoms in total. The normalized spacial score (nSPS) is 10.5. The average Bonchev–Trinajstić information content (AvgIpc) is 2.86. The monoisotopic (exact) mass is 470 g/mol. The van der Waals surface area contributed by atoms with Crippen LogP contribution in [0.2, 0.25) is 0 Å². The minimum atomic E-state index is -1.49. The van der Waals surface area contributed by atoms with Gasteiger partial charge in [-0.25, -0.2) is 17.6 Å². The molecule has 0 N–H and O–H groups in total. The van der Waals surface area contributed by atoms with Crippen molar-refractivity contribution in [2.45, 2.75) is 6.92 Å². The average molecular weight is 470 g/mol. The van der Waals surface area contributed by atoms with Crippen molar-refractivity contribution in [3.8, 4) is 29.4 Å². The zero-order chi connectivity index (χ0) is 24.8. The minimum Gasteiger partial charge on any atom is -0.489 e. The Labute approximate surface area is 200 Å². The molecule has 4 aromatic carbocycles. The van der Waals surface area contributed by atoms with E-state index in [0.29, 0.717) is 29.0 Å². The van der Waals surface area contributed by atoms with Gasteiger partial charge in [-0.2, -0.15) is 0 Å². The second kappa shape index (κ2) is 10.6.